The standard InChI is InChI=1S/C21H30O4S/c1-4-13-11-17-14(12-19(13)22)5-6-16-15(17)9-10-21(2)18(16)7-8-20(21)25-26(3,23)24/h11-12,15-16,18,20,22H,4-10H2,1-3H3/t15-,16+,18-,20?,21-/m0/s1. The topological polar surface area (TPSA) is 63.6 Å². The predicted molar refractivity (Wildman–Crippen MR) is 102 cm³/mol. The number of phenols is 1. The summed E-state index contributed by atoms with van der Waals surface area (Å²) in [5, 5.41) is 10.2. The summed E-state index contributed by atoms with van der Waals surface area (Å²) in [4.78, 5) is 0. The highest BCUT2D eigenvalue weighted by atomic mass is 32.2. The zero-order valence-electron chi connectivity index (χ0n) is 16.0. The molecule has 0 bridgehead atoms. The maximum absolute atomic E-state index is 11.7. The normalized spacial score (nSPS) is 36.3. The Balaban J connectivity index is 1.65. The number of aromatic hydroxyl groups is 1. The number of fused-ring (bicyclic) bond motifs is 5. The first-order chi connectivity index (χ1) is 12.2. The van der Waals surface area contributed by atoms with Crippen molar-refractivity contribution in [2.45, 2.75) is 70.8 Å². The molecule has 5 atom stereocenters. The fourth-order valence-corrected chi connectivity index (χ4v) is 7.00. The van der Waals surface area contributed by atoms with Gasteiger partial charge in [0.15, 0.2) is 0 Å². The second-order valence-corrected chi connectivity index (χ2v) is 10.5. The molecule has 5 heteroatoms. The van der Waals surface area contributed by atoms with E-state index in [2.05, 4.69) is 19.9 Å². The molecule has 0 radical (unpaired) electrons. The first kappa shape index (κ1) is 18.3. The van der Waals surface area contributed by atoms with E-state index < -0.39 is 10.1 Å². The highest BCUT2D eigenvalue weighted by molar-refractivity contribution is 7.86. The molecule has 0 spiro atoms. The van der Waals surface area contributed by atoms with Crippen molar-refractivity contribution < 1.29 is 17.7 Å². The molecule has 0 aliphatic heterocycles. The summed E-state index contributed by atoms with van der Waals surface area (Å²) in [6.45, 7) is 4.34. The Morgan fingerprint density at radius 2 is 2.00 bits per heavy atom. The third kappa shape index (κ3) is 2.88. The third-order valence-electron chi connectivity index (χ3n) is 7.51. The van der Waals surface area contributed by atoms with Gasteiger partial charge in [0.25, 0.3) is 10.1 Å². The van der Waals surface area contributed by atoms with E-state index in [0.717, 1.165) is 50.5 Å². The number of benzene rings is 1. The molecule has 3 aliphatic carbocycles. The zero-order valence-corrected chi connectivity index (χ0v) is 16.8. The number of aryl methyl sites for hydroxylation is 2. The van der Waals surface area contributed by atoms with E-state index in [0.29, 0.717) is 23.5 Å². The van der Waals surface area contributed by atoms with Gasteiger partial charge in [0.1, 0.15) is 5.75 Å². The molecular weight excluding hydrogens is 348 g/mol. The summed E-state index contributed by atoms with van der Waals surface area (Å²) in [5.41, 5.74) is 3.76. The van der Waals surface area contributed by atoms with Crippen LogP contribution < -0.4 is 0 Å². The van der Waals surface area contributed by atoms with Gasteiger partial charge in [-0.1, -0.05) is 19.9 Å². The summed E-state index contributed by atoms with van der Waals surface area (Å²) in [5.74, 6) is 2.11. The lowest BCUT2D eigenvalue weighted by molar-refractivity contribution is -0.00768. The van der Waals surface area contributed by atoms with E-state index in [4.69, 9.17) is 4.18 Å². The van der Waals surface area contributed by atoms with Crippen molar-refractivity contribution in [3.63, 3.8) is 0 Å². The maximum atomic E-state index is 11.7. The highest BCUT2D eigenvalue weighted by Crippen LogP contribution is 2.61. The Hall–Kier alpha value is -1.07. The van der Waals surface area contributed by atoms with Crippen LogP contribution in [0.3, 0.4) is 0 Å². The SMILES string of the molecule is CCc1cc2c(cc1O)CC[C@@H]1[C@@H]2CC[C@]2(C)C(OS(C)(=O)=O)CC[C@@H]12. The first-order valence-electron chi connectivity index (χ1n) is 9.96. The molecule has 4 rings (SSSR count). The van der Waals surface area contributed by atoms with Gasteiger partial charge in [-0.3, -0.25) is 4.18 Å². The quantitative estimate of drug-likeness (QED) is 0.803. The molecule has 0 amide bonds. The molecule has 0 heterocycles. The van der Waals surface area contributed by atoms with Gasteiger partial charge in [0.2, 0.25) is 0 Å². The summed E-state index contributed by atoms with van der Waals surface area (Å²) in [6, 6.07) is 4.23. The monoisotopic (exact) mass is 378 g/mol. The molecule has 1 aromatic rings. The molecule has 144 valence electrons. The zero-order chi connectivity index (χ0) is 18.7. The summed E-state index contributed by atoms with van der Waals surface area (Å²) in [7, 11) is -3.42. The molecular formula is C21H30O4S. The largest absolute Gasteiger partial charge is 0.508 e. The number of phenolic OH excluding ortho intramolecular Hbond substituents is 1. The molecule has 26 heavy (non-hydrogen) atoms. The van der Waals surface area contributed by atoms with Crippen LogP contribution in [0.1, 0.15) is 68.6 Å². The molecule has 1 unspecified atom stereocenters. The van der Waals surface area contributed by atoms with Gasteiger partial charge in [-0.25, -0.2) is 0 Å². The van der Waals surface area contributed by atoms with Gasteiger partial charge in [-0.05, 0) is 90.9 Å². The molecule has 0 aromatic heterocycles. The molecule has 3 aliphatic rings. The van der Waals surface area contributed by atoms with E-state index in [1.165, 1.54) is 17.4 Å². The number of hydrogen-bond donors (Lipinski definition) is 1. The van der Waals surface area contributed by atoms with Crippen LogP contribution in [0, 0.1) is 17.3 Å². The summed E-state index contributed by atoms with van der Waals surface area (Å²) in [6.07, 6.45) is 8.00. The van der Waals surface area contributed by atoms with Crippen molar-refractivity contribution in [3.8, 4) is 5.75 Å². The minimum Gasteiger partial charge on any atom is -0.508 e. The highest BCUT2D eigenvalue weighted by Gasteiger charge is 2.56. The second-order valence-electron chi connectivity index (χ2n) is 8.86. The van der Waals surface area contributed by atoms with E-state index >= 15 is 0 Å². The Labute approximate surface area is 157 Å². The molecule has 2 saturated carbocycles. The Morgan fingerprint density at radius 3 is 2.69 bits per heavy atom. The average Bonchev–Trinajstić information content (AvgIpc) is 2.89. The lowest BCUT2D eigenvalue weighted by Crippen LogP contribution is -2.45. The van der Waals surface area contributed by atoms with Gasteiger partial charge in [-0.2, -0.15) is 8.42 Å². The molecule has 2 fully saturated rings. The fraction of sp³-hybridized carbons (Fsp3) is 0.714. The summed E-state index contributed by atoms with van der Waals surface area (Å²) >= 11 is 0. The van der Waals surface area contributed by atoms with Gasteiger partial charge < -0.3 is 5.11 Å². The minimum atomic E-state index is -3.42. The van der Waals surface area contributed by atoms with Crippen LogP contribution in [0.25, 0.3) is 0 Å². The Bertz CT molecular complexity index is 816. The van der Waals surface area contributed by atoms with Gasteiger partial charge >= 0.3 is 0 Å². The van der Waals surface area contributed by atoms with Crippen LogP contribution in [-0.2, 0) is 27.1 Å². The van der Waals surface area contributed by atoms with Crippen molar-refractivity contribution in [2.24, 2.45) is 17.3 Å². The van der Waals surface area contributed by atoms with Crippen LogP contribution in [0.15, 0.2) is 12.1 Å². The molecule has 0 saturated heterocycles. The number of hydrogen-bond acceptors (Lipinski definition) is 4. The van der Waals surface area contributed by atoms with Crippen LogP contribution in [0.2, 0.25) is 0 Å². The Kier molecular flexibility index (Phi) is 4.39. The second kappa shape index (κ2) is 6.23. The van der Waals surface area contributed by atoms with Crippen molar-refractivity contribution >= 4 is 10.1 Å². The maximum Gasteiger partial charge on any atom is 0.264 e. The van der Waals surface area contributed by atoms with Crippen LogP contribution >= 0.6 is 0 Å². The summed E-state index contributed by atoms with van der Waals surface area (Å²) < 4.78 is 28.9. The number of rotatable bonds is 3. The van der Waals surface area contributed by atoms with Crippen molar-refractivity contribution in [1.29, 1.82) is 0 Å². The van der Waals surface area contributed by atoms with Crippen LogP contribution in [0.5, 0.6) is 5.75 Å². The lowest BCUT2D eigenvalue weighted by Gasteiger charge is -2.50. The van der Waals surface area contributed by atoms with E-state index in [1.807, 2.05) is 6.07 Å². The van der Waals surface area contributed by atoms with E-state index in [1.54, 1.807) is 0 Å². The van der Waals surface area contributed by atoms with Gasteiger partial charge in [0.05, 0.1) is 12.4 Å². The van der Waals surface area contributed by atoms with Crippen molar-refractivity contribution in [3.05, 3.63) is 28.8 Å². The van der Waals surface area contributed by atoms with Gasteiger partial charge in [0, 0.05) is 0 Å². The Morgan fingerprint density at radius 1 is 1.23 bits per heavy atom. The fourth-order valence-electron chi connectivity index (χ4n) is 6.26. The lowest BCUT2D eigenvalue weighted by atomic mass is 9.55. The van der Waals surface area contributed by atoms with Crippen LogP contribution in [-0.4, -0.2) is 25.9 Å². The third-order valence-corrected chi connectivity index (χ3v) is 8.09. The molecule has 1 aromatic carbocycles. The van der Waals surface area contributed by atoms with Crippen molar-refractivity contribution in [2.75, 3.05) is 6.26 Å². The smallest absolute Gasteiger partial charge is 0.264 e. The minimum absolute atomic E-state index is 0.0355. The van der Waals surface area contributed by atoms with Crippen LogP contribution in [0.4, 0.5) is 0 Å². The van der Waals surface area contributed by atoms with Crippen molar-refractivity contribution in [1.82, 2.24) is 0 Å². The van der Waals surface area contributed by atoms with E-state index in [-0.39, 0.29) is 11.5 Å². The van der Waals surface area contributed by atoms with E-state index in [9.17, 15) is 13.5 Å². The first-order valence-corrected chi connectivity index (χ1v) is 11.8. The predicted octanol–water partition coefficient (Wildman–Crippen LogP) is 4.16. The molecule has 4 nitrogen and oxygen atoms in total. The molecule has 1 N–H and O–H groups in total. The van der Waals surface area contributed by atoms with Gasteiger partial charge in [-0.15, -0.1) is 0 Å². The average molecular weight is 379 g/mol.